The zero-order chi connectivity index (χ0) is 12.2. The molecule has 1 rings (SSSR count). The van der Waals surface area contributed by atoms with Crippen LogP contribution in [0, 0.1) is 0 Å². The predicted molar refractivity (Wildman–Crippen MR) is 62.6 cm³/mol. The Morgan fingerprint density at radius 2 is 2.06 bits per heavy atom. The standard InChI is InChI=1S/C10H8BrClF3N/c11-9-3-2-7(16-5-1-4-12)6-8(9)10(13,14)15/h1-4,6,16H,5H2/b4-1+. The van der Waals surface area contributed by atoms with Gasteiger partial charge in [-0.2, -0.15) is 13.2 Å². The Kier molecular flexibility index (Phi) is 4.68. The molecule has 1 N–H and O–H groups in total. The van der Waals surface area contributed by atoms with E-state index in [2.05, 4.69) is 21.2 Å². The van der Waals surface area contributed by atoms with Crippen LogP contribution < -0.4 is 5.32 Å². The fourth-order valence-corrected chi connectivity index (χ4v) is 1.63. The van der Waals surface area contributed by atoms with Crippen molar-refractivity contribution in [1.29, 1.82) is 0 Å². The van der Waals surface area contributed by atoms with Gasteiger partial charge in [0, 0.05) is 22.2 Å². The Hall–Kier alpha value is -0.680. The minimum Gasteiger partial charge on any atom is -0.382 e. The maximum atomic E-state index is 12.5. The number of alkyl halides is 3. The lowest BCUT2D eigenvalue weighted by Crippen LogP contribution is -2.07. The van der Waals surface area contributed by atoms with Crippen LogP contribution in [0.25, 0.3) is 0 Å². The van der Waals surface area contributed by atoms with Gasteiger partial charge in [0.15, 0.2) is 0 Å². The summed E-state index contributed by atoms with van der Waals surface area (Å²) in [6.45, 7) is 0.377. The molecule has 88 valence electrons. The van der Waals surface area contributed by atoms with E-state index >= 15 is 0 Å². The summed E-state index contributed by atoms with van der Waals surface area (Å²) in [6, 6.07) is 3.96. The zero-order valence-electron chi connectivity index (χ0n) is 7.98. The summed E-state index contributed by atoms with van der Waals surface area (Å²) < 4.78 is 37.6. The second-order valence-corrected chi connectivity index (χ2v) is 4.04. The highest BCUT2D eigenvalue weighted by atomic mass is 79.9. The van der Waals surface area contributed by atoms with Gasteiger partial charge >= 0.3 is 6.18 Å². The molecule has 1 nitrogen and oxygen atoms in total. The van der Waals surface area contributed by atoms with Gasteiger partial charge in [-0.3, -0.25) is 0 Å². The lowest BCUT2D eigenvalue weighted by Gasteiger charge is -2.11. The van der Waals surface area contributed by atoms with Crippen molar-refractivity contribution in [3.05, 3.63) is 39.8 Å². The smallest absolute Gasteiger partial charge is 0.382 e. The normalized spacial score (nSPS) is 12.1. The molecule has 0 saturated heterocycles. The first-order valence-electron chi connectivity index (χ1n) is 4.31. The predicted octanol–water partition coefficient (Wildman–Crippen LogP) is 4.63. The number of hydrogen-bond donors (Lipinski definition) is 1. The van der Waals surface area contributed by atoms with Gasteiger partial charge in [0.25, 0.3) is 0 Å². The van der Waals surface area contributed by atoms with Crippen molar-refractivity contribution in [2.24, 2.45) is 0 Å². The minimum absolute atomic E-state index is 0.0263. The largest absolute Gasteiger partial charge is 0.417 e. The second-order valence-electron chi connectivity index (χ2n) is 2.93. The lowest BCUT2D eigenvalue weighted by atomic mass is 10.2. The average molecular weight is 315 g/mol. The van der Waals surface area contributed by atoms with Gasteiger partial charge in [-0.25, -0.2) is 0 Å². The number of anilines is 1. The van der Waals surface area contributed by atoms with Gasteiger partial charge < -0.3 is 5.32 Å². The molecule has 0 saturated carbocycles. The zero-order valence-corrected chi connectivity index (χ0v) is 10.3. The van der Waals surface area contributed by atoms with Crippen LogP contribution in [0.1, 0.15) is 5.56 Å². The Balaban J connectivity index is 2.90. The number of benzene rings is 1. The SMILES string of the molecule is FC(F)(F)c1cc(NC/C=C/Cl)ccc1Br. The molecule has 0 atom stereocenters. The summed E-state index contributed by atoms with van der Waals surface area (Å²) in [6.07, 6.45) is -2.77. The van der Waals surface area contributed by atoms with Crippen LogP contribution in [0.4, 0.5) is 18.9 Å². The fraction of sp³-hybridized carbons (Fsp3) is 0.200. The van der Waals surface area contributed by atoms with Gasteiger partial charge in [-0.1, -0.05) is 33.6 Å². The third kappa shape index (κ3) is 3.72. The first-order valence-corrected chi connectivity index (χ1v) is 5.54. The van der Waals surface area contributed by atoms with Crippen molar-refractivity contribution in [2.45, 2.75) is 6.18 Å². The molecule has 0 radical (unpaired) electrons. The highest BCUT2D eigenvalue weighted by molar-refractivity contribution is 9.10. The van der Waals surface area contributed by atoms with Crippen LogP contribution in [0.3, 0.4) is 0 Å². The van der Waals surface area contributed by atoms with E-state index < -0.39 is 11.7 Å². The minimum atomic E-state index is -4.36. The molecule has 16 heavy (non-hydrogen) atoms. The van der Waals surface area contributed by atoms with E-state index in [4.69, 9.17) is 11.6 Å². The van der Waals surface area contributed by atoms with Crippen LogP contribution >= 0.6 is 27.5 Å². The van der Waals surface area contributed by atoms with Crippen LogP contribution in [-0.2, 0) is 6.18 Å². The van der Waals surface area contributed by atoms with Crippen molar-refractivity contribution in [2.75, 3.05) is 11.9 Å². The summed E-state index contributed by atoms with van der Waals surface area (Å²) in [5.74, 6) is 0. The molecular formula is C10H8BrClF3N. The van der Waals surface area contributed by atoms with E-state index in [1.165, 1.54) is 11.6 Å². The molecule has 0 spiro atoms. The van der Waals surface area contributed by atoms with E-state index in [9.17, 15) is 13.2 Å². The molecule has 6 heteroatoms. The van der Waals surface area contributed by atoms with Crippen LogP contribution in [-0.4, -0.2) is 6.54 Å². The van der Waals surface area contributed by atoms with E-state index in [0.717, 1.165) is 6.07 Å². The molecule has 0 heterocycles. The van der Waals surface area contributed by atoms with Gasteiger partial charge in [-0.15, -0.1) is 0 Å². The summed E-state index contributed by atoms with van der Waals surface area (Å²) in [7, 11) is 0. The maximum absolute atomic E-state index is 12.5. The number of nitrogens with one attached hydrogen (secondary N) is 1. The summed E-state index contributed by atoms with van der Waals surface area (Å²) in [5, 5.41) is 2.79. The van der Waals surface area contributed by atoms with Crippen LogP contribution in [0.15, 0.2) is 34.3 Å². The molecule has 0 fully saturated rings. The van der Waals surface area contributed by atoms with E-state index in [1.807, 2.05) is 0 Å². The monoisotopic (exact) mass is 313 g/mol. The topological polar surface area (TPSA) is 12.0 Å². The summed E-state index contributed by atoms with van der Waals surface area (Å²) >= 11 is 8.15. The van der Waals surface area contributed by atoms with E-state index in [0.29, 0.717) is 12.2 Å². The van der Waals surface area contributed by atoms with Gasteiger partial charge in [-0.05, 0) is 18.2 Å². The highest BCUT2D eigenvalue weighted by Crippen LogP contribution is 2.36. The third-order valence-corrected chi connectivity index (χ3v) is 2.65. The van der Waals surface area contributed by atoms with Crippen LogP contribution in [0.2, 0.25) is 0 Å². The fourth-order valence-electron chi connectivity index (χ4n) is 1.07. The lowest BCUT2D eigenvalue weighted by molar-refractivity contribution is -0.138. The van der Waals surface area contributed by atoms with Crippen LogP contribution in [0.5, 0.6) is 0 Å². The summed E-state index contributed by atoms with van der Waals surface area (Å²) in [5.41, 5.74) is 0.994. The van der Waals surface area contributed by atoms with Gasteiger partial charge in [0.2, 0.25) is 0 Å². The Morgan fingerprint density at radius 1 is 1.38 bits per heavy atom. The van der Waals surface area contributed by atoms with Crippen molar-refractivity contribution < 1.29 is 13.2 Å². The molecule has 0 amide bonds. The molecule has 1 aromatic carbocycles. The van der Waals surface area contributed by atoms with Gasteiger partial charge in [0.1, 0.15) is 0 Å². The molecule has 0 unspecified atom stereocenters. The number of halogens is 5. The van der Waals surface area contributed by atoms with E-state index in [-0.39, 0.29) is 4.47 Å². The van der Waals surface area contributed by atoms with Crippen molar-refractivity contribution >= 4 is 33.2 Å². The molecule has 0 aromatic heterocycles. The maximum Gasteiger partial charge on any atom is 0.417 e. The molecule has 0 bridgehead atoms. The quantitative estimate of drug-likeness (QED) is 0.857. The second kappa shape index (κ2) is 5.59. The number of rotatable bonds is 3. The first-order chi connectivity index (χ1) is 7.45. The van der Waals surface area contributed by atoms with Crippen molar-refractivity contribution in [3.8, 4) is 0 Å². The number of hydrogen-bond acceptors (Lipinski definition) is 1. The van der Waals surface area contributed by atoms with E-state index in [1.54, 1.807) is 12.1 Å². The molecule has 1 aromatic rings. The van der Waals surface area contributed by atoms with Crippen molar-refractivity contribution in [3.63, 3.8) is 0 Å². The molecule has 0 aliphatic rings. The Morgan fingerprint density at radius 3 is 2.62 bits per heavy atom. The third-order valence-electron chi connectivity index (χ3n) is 1.78. The first kappa shape index (κ1) is 13.4. The molecule has 0 aliphatic heterocycles. The Bertz CT molecular complexity index is 390. The summed E-state index contributed by atoms with van der Waals surface area (Å²) in [4.78, 5) is 0. The molecular weight excluding hydrogens is 306 g/mol. The molecule has 0 aliphatic carbocycles. The highest BCUT2D eigenvalue weighted by Gasteiger charge is 2.33. The average Bonchev–Trinajstić information content (AvgIpc) is 2.19. The van der Waals surface area contributed by atoms with Gasteiger partial charge in [0.05, 0.1) is 5.56 Å². The van der Waals surface area contributed by atoms with Crippen molar-refractivity contribution in [1.82, 2.24) is 0 Å². The Labute approximate surface area is 104 Å².